The van der Waals surface area contributed by atoms with Gasteiger partial charge in [-0.15, -0.1) is 0 Å². The number of hydrogen-bond acceptors (Lipinski definition) is 2. The minimum atomic E-state index is 0.410. The van der Waals surface area contributed by atoms with E-state index in [1.54, 1.807) is 0 Å². The molecule has 1 heterocycles. The highest BCUT2D eigenvalue weighted by molar-refractivity contribution is 4.90. The molecule has 1 atom stereocenters. The van der Waals surface area contributed by atoms with Crippen molar-refractivity contribution >= 4 is 0 Å². The highest BCUT2D eigenvalue weighted by atomic mass is 15.2. The summed E-state index contributed by atoms with van der Waals surface area (Å²) in [5, 5.41) is 3.45. The molecule has 0 bridgehead atoms. The number of nitrogens with zero attached hydrogens (tertiary/aromatic N) is 1. The van der Waals surface area contributed by atoms with Crippen LogP contribution in [-0.2, 0) is 0 Å². The van der Waals surface area contributed by atoms with E-state index < -0.39 is 0 Å². The second-order valence-electron chi connectivity index (χ2n) is 3.61. The predicted molar refractivity (Wildman–Crippen MR) is 48.8 cm³/mol. The third kappa shape index (κ3) is 1.74. The van der Waals surface area contributed by atoms with Crippen molar-refractivity contribution in [2.24, 2.45) is 0 Å². The summed E-state index contributed by atoms with van der Waals surface area (Å²) in [7, 11) is 0. The molecule has 0 aromatic rings. The molecule has 1 N–H and O–H groups in total. The Bertz CT molecular complexity index is 125. The standard InChI is InChI=1S/C9H20N2/c1-4-9(3)8-10-6-7-11(9)5-2/h10H,4-8H2,1-3H3. The van der Waals surface area contributed by atoms with Gasteiger partial charge in [-0.3, -0.25) is 4.90 Å². The molecule has 1 saturated heterocycles. The fourth-order valence-corrected chi connectivity index (χ4v) is 1.84. The molecule has 66 valence electrons. The third-order valence-electron chi connectivity index (χ3n) is 2.97. The topological polar surface area (TPSA) is 15.3 Å². The van der Waals surface area contributed by atoms with Gasteiger partial charge < -0.3 is 5.32 Å². The SMILES string of the molecule is CCN1CCNCC1(C)CC. The summed E-state index contributed by atoms with van der Waals surface area (Å²) in [6.07, 6.45) is 1.24. The number of rotatable bonds is 2. The van der Waals surface area contributed by atoms with E-state index in [4.69, 9.17) is 0 Å². The normalized spacial score (nSPS) is 34.1. The van der Waals surface area contributed by atoms with Gasteiger partial charge in [-0.2, -0.15) is 0 Å². The molecule has 11 heavy (non-hydrogen) atoms. The molecule has 0 saturated carbocycles. The maximum atomic E-state index is 3.45. The second-order valence-corrected chi connectivity index (χ2v) is 3.61. The number of piperazine rings is 1. The van der Waals surface area contributed by atoms with Crippen LogP contribution in [0.15, 0.2) is 0 Å². The van der Waals surface area contributed by atoms with Crippen LogP contribution in [0.1, 0.15) is 27.2 Å². The Kier molecular flexibility index (Phi) is 2.90. The van der Waals surface area contributed by atoms with Gasteiger partial charge in [0.2, 0.25) is 0 Å². The van der Waals surface area contributed by atoms with Crippen molar-refractivity contribution in [2.75, 3.05) is 26.2 Å². The van der Waals surface area contributed by atoms with Gasteiger partial charge >= 0.3 is 0 Å². The van der Waals surface area contributed by atoms with Crippen molar-refractivity contribution in [3.8, 4) is 0 Å². The first-order chi connectivity index (χ1) is 5.23. The smallest absolute Gasteiger partial charge is 0.0303 e. The maximum Gasteiger partial charge on any atom is 0.0303 e. The molecule has 0 radical (unpaired) electrons. The maximum absolute atomic E-state index is 3.45. The quantitative estimate of drug-likeness (QED) is 0.643. The molecule has 0 spiro atoms. The first-order valence-corrected chi connectivity index (χ1v) is 4.68. The number of likely N-dealkylation sites (N-methyl/N-ethyl adjacent to an activating group) is 1. The van der Waals surface area contributed by atoms with Crippen LogP contribution in [0, 0.1) is 0 Å². The van der Waals surface area contributed by atoms with Crippen LogP contribution >= 0.6 is 0 Å². The molecule has 2 nitrogen and oxygen atoms in total. The zero-order chi connectivity index (χ0) is 8.32. The van der Waals surface area contributed by atoms with E-state index in [-0.39, 0.29) is 0 Å². The van der Waals surface area contributed by atoms with Gasteiger partial charge in [0.15, 0.2) is 0 Å². The average molecular weight is 156 g/mol. The van der Waals surface area contributed by atoms with Crippen molar-refractivity contribution in [2.45, 2.75) is 32.7 Å². The van der Waals surface area contributed by atoms with Crippen LogP contribution in [0.2, 0.25) is 0 Å². The van der Waals surface area contributed by atoms with Crippen LogP contribution in [0.5, 0.6) is 0 Å². The largest absolute Gasteiger partial charge is 0.314 e. The van der Waals surface area contributed by atoms with Gasteiger partial charge in [0, 0.05) is 25.2 Å². The predicted octanol–water partition coefficient (Wildman–Crippen LogP) is 1.08. The lowest BCUT2D eigenvalue weighted by Gasteiger charge is -2.44. The summed E-state index contributed by atoms with van der Waals surface area (Å²) in [6.45, 7) is 11.6. The summed E-state index contributed by atoms with van der Waals surface area (Å²) in [4.78, 5) is 2.57. The van der Waals surface area contributed by atoms with E-state index in [0.717, 1.165) is 13.1 Å². The molecule has 0 aromatic heterocycles. The average Bonchev–Trinajstić information content (AvgIpc) is 2.05. The molecular formula is C9H20N2. The first-order valence-electron chi connectivity index (χ1n) is 4.68. The van der Waals surface area contributed by atoms with Gasteiger partial charge in [0.25, 0.3) is 0 Å². The van der Waals surface area contributed by atoms with E-state index in [2.05, 4.69) is 31.0 Å². The Morgan fingerprint density at radius 3 is 2.64 bits per heavy atom. The Morgan fingerprint density at radius 1 is 1.45 bits per heavy atom. The van der Waals surface area contributed by atoms with Gasteiger partial charge in [0.05, 0.1) is 0 Å². The molecule has 1 fully saturated rings. The lowest BCUT2D eigenvalue weighted by molar-refractivity contribution is 0.0775. The molecular weight excluding hydrogens is 136 g/mol. The highest BCUT2D eigenvalue weighted by Crippen LogP contribution is 2.19. The fourth-order valence-electron chi connectivity index (χ4n) is 1.84. The third-order valence-corrected chi connectivity index (χ3v) is 2.97. The molecule has 1 aliphatic rings. The number of nitrogens with one attached hydrogen (secondary N) is 1. The monoisotopic (exact) mass is 156 g/mol. The van der Waals surface area contributed by atoms with Crippen molar-refractivity contribution in [1.29, 1.82) is 0 Å². The van der Waals surface area contributed by atoms with Crippen LogP contribution < -0.4 is 5.32 Å². The zero-order valence-corrected chi connectivity index (χ0v) is 7.98. The van der Waals surface area contributed by atoms with Gasteiger partial charge in [0.1, 0.15) is 0 Å². The van der Waals surface area contributed by atoms with E-state index in [0.29, 0.717) is 5.54 Å². The van der Waals surface area contributed by atoms with E-state index in [9.17, 15) is 0 Å². The van der Waals surface area contributed by atoms with E-state index >= 15 is 0 Å². The minimum Gasteiger partial charge on any atom is -0.314 e. The van der Waals surface area contributed by atoms with Gasteiger partial charge in [-0.05, 0) is 19.9 Å². The molecule has 0 aliphatic carbocycles. The van der Waals surface area contributed by atoms with Gasteiger partial charge in [-0.1, -0.05) is 13.8 Å². The van der Waals surface area contributed by atoms with Crippen LogP contribution in [-0.4, -0.2) is 36.6 Å². The molecule has 2 heteroatoms. The van der Waals surface area contributed by atoms with Gasteiger partial charge in [-0.25, -0.2) is 0 Å². The van der Waals surface area contributed by atoms with Crippen molar-refractivity contribution in [3.05, 3.63) is 0 Å². The highest BCUT2D eigenvalue weighted by Gasteiger charge is 2.30. The van der Waals surface area contributed by atoms with Crippen LogP contribution in [0.3, 0.4) is 0 Å². The molecule has 1 unspecified atom stereocenters. The summed E-state index contributed by atoms with van der Waals surface area (Å²) in [5.74, 6) is 0. The first kappa shape index (κ1) is 9.01. The Hall–Kier alpha value is -0.0800. The molecule has 0 aromatic carbocycles. The molecule has 1 aliphatic heterocycles. The lowest BCUT2D eigenvalue weighted by atomic mass is 9.94. The minimum absolute atomic E-state index is 0.410. The van der Waals surface area contributed by atoms with Crippen molar-refractivity contribution < 1.29 is 0 Å². The summed E-state index contributed by atoms with van der Waals surface area (Å²) in [6, 6.07) is 0. The second kappa shape index (κ2) is 3.55. The van der Waals surface area contributed by atoms with E-state index in [1.165, 1.54) is 19.5 Å². The summed E-state index contributed by atoms with van der Waals surface area (Å²) < 4.78 is 0. The Labute approximate surface area is 70.0 Å². The molecule has 0 amide bonds. The van der Waals surface area contributed by atoms with Crippen molar-refractivity contribution in [3.63, 3.8) is 0 Å². The van der Waals surface area contributed by atoms with Crippen LogP contribution in [0.4, 0.5) is 0 Å². The fraction of sp³-hybridized carbons (Fsp3) is 1.00. The van der Waals surface area contributed by atoms with Crippen molar-refractivity contribution in [1.82, 2.24) is 10.2 Å². The molecule has 1 rings (SSSR count). The number of hydrogen-bond donors (Lipinski definition) is 1. The lowest BCUT2D eigenvalue weighted by Crippen LogP contribution is -2.59. The zero-order valence-electron chi connectivity index (χ0n) is 7.98. The Morgan fingerprint density at radius 2 is 2.18 bits per heavy atom. The Balaban J connectivity index is 2.57. The van der Waals surface area contributed by atoms with Crippen LogP contribution in [0.25, 0.3) is 0 Å². The summed E-state index contributed by atoms with van der Waals surface area (Å²) >= 11 is 0. The van der Waals surface area contributed by atoms with E-state index in [1.807, 2.05) is 0 Å². The summed E-state index contributed by atoms with van der Waals surface area (Å²) in [5.41, 5.74) is 0.410.